The summed E-state index contributed by atoms with van der Waals surface area (Å²) in [6.07, 6.45) is 0. The van der Waals surface area contributed by atoms with Crippen molar-refractivity contribution < 1.29 is 17.1 Å². The van der Waals surface area contributed by atoms with Gasteiger partial charge in [-0.05, 0) is 0 Å². The molecule has 0 unspecified atom stereocenters. The largest absolute Gasteiger partial charge is 2.00 e. The number of hydrogen-bond donors (Lipinski definition) is 0. The molecule has 0 saturated carbocycles. The zero-order chi connectivity index (χ0) is 9.14. The van der Waals surface area contributed by atoms with Crippen LogP contribution in [0, 0.1) is 0 Å². The topological polar surface area (TPSA) is 6.02 Å². The van der Waals surface area contributed by atoms with E-state index in [4.69, 9.17) is 0 Å². The van der Waals surface area contributed by atoms with Crippen molar-refractivity contribution in [2.24, 2.45) is 0 Å². The fraction of sp³-hybridized carbons (Fsp3) is 0.667. The zero-order valence-corrected chi connectivity index (χ0v) is 10.9. The Morgan fingerprint density at radius 3 is 1.08 bits per heavy atom. The van der Waals surface area contributed by atoms with E-state index in [-0.39, 0.29) is 17.1 Å². The van der Waals surface area contributed by atoms with Crippen LogP contribution in [0.15, 0.2) is 0 Å². The average Bonchev–Trinajstić information content (AvgIpc) is 2.85. The Balaban J connectivity index is 0.000000206. The van der Waals surface area contributed by atoms with Gasteiger partial charge in [-0.3, -0.25) is 0 Å². The molecule has 2 heterocycles. The van der Waals surface area contributed by atoms with E-state index in [0.717, 1.165) is 26.2 Å². The molecule has 0 aromatic heterocycles. The summed E-state index contributed by atoms with van der Waals surface area (Å²) in [6.45, 7) is 4.34. The molecule has 1 radical (unpaired) electrons. The van der Waals surface area contributed by atoms with Gasteiger partial charge in [-0.1, -0.05) is 8.64 Å². The van der Waals surface area contributed by atoms with Gasteiger partial charge in [0.2, 0.25) is 0 Å². The van der Waals surface area contributed by atoms with Crippen molar-refractivity contribution in [3.8, 4) is 0 Å². The Bertz CT molecular complexity index is 181. The van der Waals surface area contributed by atoms with Crippen LogP contribution in [0.2, 0.25) is 0 Å². The van der Waals surface area contributed by atoms with Crippen LogP contribution in [-0.4, -0.2) is 44.6 Å². The molecular weight excluding hydrogens is 292 g/mol. The van der Waals surface area contributed by atoms with Gasteiger partial charge >= 0.3 is 17.1 Å². The van der Waals surface area contributed by atoms with Gasteiger partial charge < -0.3 is 59.5 Å². The van der Waals surface area contributed by atoms with Crippen molar-refractivity contribution in [2.45, 2.75) is 0 Å². The van der Waals surface area contributed by atoms with E-state index in [9.17, 15) is 0 Å². The fourth-order valence-electron chi connectivity index (χ4n) is 0.465. The fourth-order valence-corrected chi connectivity index (χ4v) is 1.20. The van der Waals surface area contributed by atoms with Crippen LogP contribution in [0.1, 0.15) is 0 Å². The van der Waals surface area contributed by atoms with Crippen molar-refractivity contribution in [1.29, 1.82) is 0 Å². The third kappa shape index (κ3) is 6.76. The maximum absolute atomic E-state index is 4.62. The minimum atomic E-state index is 0. The first-order chi connectivity index (χ1) is 5.61. The Labute approximate surface area is 111 Å². The normalized spacial score (nSPS) is 16.3. The van der Waals surface area contributed by atoms with Crippen LogP contribution in [0.5, 0.6) is 0 Å². The van der Waals surface area contributed by atoms with E-state index >= 15 is 0 Å². The standard InChI is InChI=1S/2C3H5NS2.Cu/c2*5-3(6)4-1-2-4;/h2*1-2H2,(H,5,6);/q;;+2/p-2. The maximum Gasteiger partial charge on any atom is 2.00 e. The third-order valence-corrected chi connectivity index (χ3v) is 2.44. The Hall–Kier alpha value is 0.739. The number of nitrogens with zero attached hydrogens (tertiary/aromatic N) is 2. The molecule has 2 rings (SSSR count). The van der Waals surface area contributed by atoms with Crippen molar-refractivity contribution in [3.63, 3.8) is 0 Å². The average molecular weight is 300 g/mol. The second kappa shape index (κ2) is 6.27. The second-order valence-electron chi connectivity index (χ2n) is 2.51. The van der Waals surface area contributed by atoms with E-state index in [2.05, 4.69) is 49.7 Å². The van der Waals surface area contributed by atoms with Gasteiger partial charge in [0.15, 0.2) is 0 Å². The quantitative estimate of drug-likeness (QED) is 0.272. The van der Waals surface area contributed by atoms with Crippen LogP contribution in [-0.2, 0) is 42.3 Å². The zero-order valence-electron chi connectivity index (χ0n) is 6.66. The van der Waals surface area contributed by atoms with Crippen molar-refractivity contribution in [2.75, 3.05) is 26.2 Å². The maximum atomic E-state index is 4.62. The summed E-state index contributed by atoms with van der Waals surface area (Å²) >= 11 is 18.5. The summed E-state index contributed by atoms with van der Waals surface area (Å²) in [6, 6.07) is 0. The molecule has 2 fully saturated rings. The van der Waals surface area contributed by atoms with Gasteiger partial charge in [0.05, 0.1) is 0 Å². The van der Waals surface area contributed by atoms with Crippen LogP contribution < -0.4 is 0 Å². The summed E-state index contributed by atoms with van der Waals surface area (Å²) in [5.41, 5.74) is 0. The second-order valence-corrected chi connectivity index (χ2v) is 4.57. The van der Waals surface area contributed by atoms with Crippen LogP contribution in [0.4, 0.5) is 0 Å². The SMILES string of the molecule is S=C([S-])N1CC1.S=C([S-])N1CC1.[Cu+2]. The van der Waals surface area contributed by atoms with E-state index in [0.29, 0.717) is 8.64 Å². The van der Waals surface area contributed by atoms with Crippen LogP contribution >= 0.6 is 24.4 Å². The monoisotopic (exact) mass is 299 g/mol. The summed E-state index contributed by atoms with van der Waals surface area (Å²) in [5, 5.41) is 0. The number of hydrogen-bond acceptors (Lipinski definition) is 4. The Kier molecular flexibility index (Phi) is 6.62. The summed E-state index contributed by atoms with van der Waals surface area (Å²) in [4.78, 5) is 3.93. The van der Waals surface area contributed by atoms with E-state index in [1.807, 2.05) is 9.80 Å². The molecule has 0 aliphatic carbocycles. The summed E-state index contributed by atoms with van der Waals surface area (Å²) in [7, 11) is 0. The minimum absolute atomic E-state index is 0. The molecule has 2 aliphatic heterocycles. The van der Waals surface area contributed by atoms with Crippen LogP contribution in [0.3, 0.4) is 0 Å². The van der Waals surface area contributed by atoms with Gasteiger partial charge in [0, 0.05) is 26.2 Å². The Morgan fingerprint density at radius 1 is 0.846 bits per heavy atom. The van der Waals surface area contributed by atoms with Crippen molar-refractivity contribution in [3.05, 3.63) is 0 Å². The molecule has 0 aromatic carbocycles. The predicted molar refractivity (Wildman–Crippen MR) is 63.1 cm³/mol. The smallest absolute Gasteiger partial charge is 0.411 e. The molecule has 77 valence electrons. The van der Waals surface area contributed by atoms with Gasteiger partial charge in [0.1, 0.15) is 0 Å². The van der Waals surface area contributed by atoms with E-state index < -0.39 is 0 Å². The molecule has 2 aliphatic rings. The van der Waals surface area contributed by atoms with Crippen LogP contribution in [0.25, 0.3) is 0 Å². The molecule has 7 heteroatoms. The first-order valence-corrected chi connectivity index (χ1v) is 5.16. The molecule has 2 nitrogen and oxygen atoms in total. The Morgan fingerprint density at radius 2 is 1.08 bits per heavy atom. The molecule has 0 amide bonds. The molecular formula is C6H8CuN2S4. The van der Waals surface area contributed by atoms with E-state index in [1.165, 1.54) is 0 Å². The number of thiocarbonyl (C=S) groups is 2. The van der Waals surface area contributed by atoms with Crippen molar-refractivity contribution in [1.82, 2.24) is 9.80 Å². The van der Waals surface area contributed by atoms with E-state index in [1.54, 1.807) is 0 Å². The summed E-state index contributed by atoms with van der Waals surface area (Å²) < 4.78 is 1.24. The molecule has 0 N–H and O–H groups in total. The molecule has 2 saturated heterocycles. The molecule has 0 spiro atoms. The van der Waals surface area contributed by atoms with Gasteiger partial charge in [-0.15, -0.1) is 0 Å². The van der Waals surface area contributed by atoms with Gasteiger partial charge in [-0.25, -0.2) is 0 Å². The number of rotatable bonds is 0. The van der Waals surface area contributed by atoms with Crippen molar-refractivity contribution >= 4 is 58.3 Å². The molecule has 0 atom stereocenters. The molecule has 0 bridgehead atoms. The van der Waals surface area contributed by atoms with Gasteiger partial charge in [-0.2, -0.15) is 0 Å². The third-order valence-electron chi connectivity index (χ3n) is 1.41. The first kappa shape index (κ1) is 13.7. The summed E-state index contributed by atoms with van der Waals surface area (Å²) in [5.74, 6) is 0. The van der Waals surface area contributed by atoms with Gasteiger partial charge in [0.25, 0.3) is 0 Å². The minimum Gasteiger partial charge on any atom is -0.411 e. The predicted octanol–water partition coefficient (Wildman–Crippen LogP) is 0.265. The first-order valence-electron chi connectivity index (χ1n) is 3.53. The molecule has 13 heavy (non-hydrogen) atoms. The molecule has 0 aromatic rings.